The summed E-state index contributed by atoms with van der Waals surface area (Å²) in [7, 11) is 0. The molecule has 5 heteroatoms. The molecule has 0 saturated carbocycles. The van der Waals surface area contributed by atoms with Crippen LogP contribution < -0.4 is 5.32 Å². The van der Waals surface area contributed by atoms with Crippen molar-refractivity contribution in [1.82, 2.24) is 4.90 Å². The Morgan fingerprint density at radius 1 is 1.32 bits per heavy atom. The molecule has 0 aliphatic rings. The molecule has 0 unspecified atom stereocenters. The molecule has 0 aromatic heterocycles. The van der Waals surface area contributed by atoms with Crippen LogP contribution in [0, 0.1) is 5.82 Å². The molecular weight excluding hydrogens is 247 g/mol. The summed E-state index contributed by atoms with van der Waals surface area (Å²) in [5.74, 6) is -0.487. The highest BCUT2D eigenvalue weighted by atomic mass is 19.1. The first-order valence-corrected chi connectivity index (χ1v) is 6.54. The summed E-state index contributed by atoms with van der Waals surface area (Å²) in [5, 5.41) is 11.7. The van der Waals surface area contributed by atoms with Crippen molar-refractivity contribution in [2.24, 2.45) is 0 Å². The number of benzene rings is 1. The fraction of sp³-hybridized carbons (Fsp3) is 0.500. The second-order valence-corrected chi connectivity index (χ2v) is 4.41. The lowest BCUT2D eigenvalue weighted by molar-refractivity contribution is -0.117. The lowest BCUT2D eigenvalue weighted by atomic mass is 10.3. The summed E-state index contributed by atoms with van der Waals surface area (Å²) in [5.41, 5.74) is 0.575. The molecule has 0 atom stereocenters. The minimum atomic E-state index is -0.331. The number of aliphatic hydroxyl groups is 1. The number of nitrogens with one attached hydrogen (secondary N) is 1. The van der Waals surface area contributed by atoms with E-state index >= 15 is 0 Å². The number of halogens is 1. The molecule has 0 heterocycles. The maximum atomic E-state index is 12.7. The van der Waals surface area contributed by atoms with Crippen LogP contribution in [0.1, 0.15) is 19.8 Å². The predicted octanol–water partition coefficient (Wildman–Crippen LogP) is 1.86. The second-order valence-electron chi connectivity index (χ2n) is 4.41. The maximum Gasteiger partial charge on any atom is 0.238 e. The number of carbonyl (C=O) groups excluding carboxylic acids is 1. The van der Waals surface area contributed by atoms with Gasteiger partial charge in [0.2, 0.25) is 5.91 Å². The Labute approximate surface area is 113 Å². The first-order valence-electron chi connectivity index (χ1n) is 6.54. The first-order chi connectivity index (χ1) is 9.15. The first kappa shape index (κ1) is 15.6. The highest BCUT2D eigenvalue weighted by Crippen LogP contribution is 2.08. The SMILES string of the molecule is CCCCN(CCO)CC(=O)Nc1ccc(F)cc1. The van der Waals surface area contributed by atoms with Crippen LogP contribution in [-0.4, -0.2) is 42.2 Å². The van der Waals surface area contributed by atoms with Gasteiger partial charge in [-0.15, -0.1) is 0 Å². The van der Waals surface area contributed by atoms with Gasteiger partial charge in [-0.25, -0.2) is 4.39 Å². The number of amides is 1. The predicted molar refractivity (Wildman–Crippen MR) is 73.5 cm³/mol. The summed E-state index contributed by atoms with van der Waals surface area (Å²) < 4.78 is 12.7. The highest BCUT2D eigenvalue weighted by Gasteiger charge is 2.10. The molecule has 2 N–H and O–H groups in total. The molecule has 1 aromatic carbocycles. The fourth-order valence-corrected chi connectivity index (χ4v) is 1.73. The van der Waals surface area contributed by atoms with Gasteiger partial charge in [0.05, 0.1) is 13.2 Å². The second kappa shape index (κ2) is 8.61. The zero-order valence-electron chi connectivity index (χ0n) is 11.2. The smallest absolute Gasteiger partial charge is 0.238 e. The van der Waals surface area contributed by atoms with E-state index in [1.807, 2.05) is 4.90 Å². The standard InChI is InChI=1S/C14H21FN2O2/c1-2-3-8-17(9-10-18)11-14(19)16-13-6-4-12(15)5-7-13/h4-7,18H,2-3,8-11H2,1H3,(H,16,19). The molecule has 1 aromatic rings. The average molecular weight is 268 g/mol. The Morgan fingerprint density at radius 3 is 2.58 bits per heavy atom. The summed E-state index contributed by atoms with van der Waals surface area (Å²) >= 11 is 0. The van der Waals surface area contributed by atoms with Gasteiger partial charge in [0.15, 0.2) is 0 Å². The van der Waals surface area contributed by atoms with Crippen molar-refractivity contribution in [3.05, 3.63) is 30.1 Å². The zero-order chi connectivity index (χ0) is 14.1. The van der Waals surface area contributed by atoms with E-state index in [9.17, 15) is 9.18 Å². The van der Waals surface area contributed by atoms with E-state index in [2.05, 4.69) is 12.2 Å². The van der Waals surface area contributed by atoms with Crippen LogP contribution in [0.25, 0.3) is 0 Å². The number of carbonyl (C=O) groups is 1. The Balaban J connectivity index is 2.45. The van der Waals surface area contributed by atoms with Crippen LogP contribution >= 0.6 is 0 Å². The number of anilines is 1. The van der Waals surface area contributed by atoms with Crippen LogP contribution in [0.2, 0.25) is 0 Å². The minimum Gasteiger partial charge on any atom is -0.395 e. The van der Waals surface area contributed by atoms with Crippen LogP contribution in [0.4, 0.5) is 10.1 Å². The quantitative estimate of drug-likeness (QED) is 0.756. The molecule has 106 valence electrons. The summed E-state index contributed by atoms with van der Waals surface area (Å²) in [4.78, 5) is 13.7. The number of hydrogen-bond donors (Lipinski definition) is 2. The van der Waals surface area contributed by atoms with Gasteiger partial charge < -0.3 is 10.4 Å². The van der Waals surface area contributed by atoms with Crippen molar-refractivity contribution in [3.8, 4) is 0 Å². The van der Waals surface area contributed by atoms with Gasteiger partial charge >= 0.3 is 0 Å². The molecule has 0 bridgehead atoms. The van der Waals surface area contributed by atoms with Gasteiger partial charge in [-0.1, -0.05) is 13.3 Å². The third-order valence-electron chi connectivity index (χ3n) is 2.74. The lowest BCUT2D eigenvalue weighted by Crippen LogP contribution is -2.35. The van der Waals surface area contributed by atoms with E-state index in [1.54, 1.807) is 0 Å². The molecule has 1 rings (SSSR count). The summed E-state index contributed by atoms with van der Waals surface area (Å²) in [6.45, 7) is 3.62. The van der Waals surface area contributed by atoms with Gasteiger partial charge in [-0.2, -0.15) is 0 Å². The number of aliphatic hydroxyl groups excluding tert-OH is 1. The van der Waals surface area contributed by atoms with Crippen molar-refractivity contribution in [2.45, 2.75) is 19.8 Å². The van der Waals surface area contributed by atoms with Crippen molar-refractivity contribution < 1.29 is 14.3 Å². The molecule has 0 saturated heterocycles. The van der Waals surface area contributed by atoms with Crippen LogP contribution in [0.5, 0.6) is 0 Å². The van der Waals surface area contributed by atoms with Crippen molar-refractivity contribution >= 4 is 11.6 Å². The van der Waals surface area contributed by atoms with E-state index < -0.39 is 0 Å². The highest BCUT2D eigenvalue weighted by molar-refractivity contribution is 5.92. The molecule has 0 radical (unpaired) electrons. The lowest BCUT2D eigenvalue weighted by Gasteiger charge is -2.20. The largest absolute Gasteiger partial charge is 0.395 e. The third-order valence-corrected chi connectivity index (χ3v) is 2.74. The fourth-order valence-electron chi connectivity index (χ4n) is 1.73. The van der Waals surface area contributed by atoms with Crippen molar-refractivity contribution in [2.75, 3.05) is 31.6 Å². The molecule has 0 aliphatic heterocycles. The Kier molecular flexibility index (Phi) is 7.07. The number of nitrogens with zero attached hydrogens (tertiary/aromatic N) is 1. The Morgan fingerprint density at radius 2 is 2.00 bits per heavy atom. The van der Waals surface area contributed by atoms with E-state index in [1.165, 1.54) is 24.3 Å². The number of unbranched alkanes of at least 4 members (excludes halogenated alkanes) is 1. The van der Waals surface area contributed by atoms with E-state index in [4.69, 9.17) is 5.11 Å². The molecule has 0 spiro atoms. The summed E-state index contributed by atoms with van der Waals surface area (Å²) in [6, 6.07) is 5.65. The van der Waals surface area contributed by atoms with E-state index in [0.717, 1.165) is 19.4 Å². The molecule has 0 fully saturated rings. The van der Waals surface area contributed by atoms with E-state index in [-0.39, 0.29) is 24.9 Å². The van der Waals surface area contributed by atoms with Crippen LogP contribution in [0.15, 0.2) is 24.3 Å². The van der Waals surface area contributed by atoms with Gasteiger partial charge in [0, 0.05) is 12.2 Å². The van der Waals surface area contributed by atoms with Crippen molar-refractivity contribution in [3.63, 3.8) is 0 Å². The normalized spacial score (nSPS) is 10.7. The topological polar surface area (TPSA) is 52.6 Å². The van der Waals surface area contributed by atoms with Gasteiger partial charge in [0.25, 0.3) is 0 Å². The van der Waals surface area contributed by atoms with Gasteiger partial charge in [-0.05, 0) is 37.2 Å². The summed E-state index contributed by atoms with van der Waals surface area (Å²) in [6.07, 6.45) is 2.03. The minimum absolute atomic E-state index is 0.0353. The molecule has 1 amide bonds. The van der Waals surface area contributed by atoms with E-state index in [0.29, 0.717) is 12.2 Å². The van der Waals surface area contributed by atoms with Crippen LogP contribution in [-0.2, 0) is 4.79 Å². The number of rotatable bonds is 8. The Bertz CT molecular complexity index is 382. The third kappa shape index (κ3) is 6.31. The molecule has 4 nitrogen and oxygen atoms in total. The number of hydrogen-bond acceptors (Lipinski definition) is 3. The Hall–Kier alpha value is -1.46. The maximum absolute atomic E-state index is 12.7. The zero-order valence-corrected chi connectivity index (χ0v) is 11.2. The molecule has 0 aliphatic carbocycles. The van der Waals surface area contributed by atoms with Gasteiger partial charge in [0.1, 0.15) is 5.82 Å². The monoisotopic (exact) mass is 268 g/mol. The van der Waals surface area contributed by atoms with Crippen molar-refractivity contribution in [1.29, 1.82) is 0 Å². The molecular formula is C14H21FN2O2. The van der Waals surface area contributed by atoms with Crippen LogP contribution in [0.3, 0.4) is 0 Å². The molecule has 19 heavy (non-hydrogen) atoms. The van der Waals surface area contributed by atoms with Gasteiger partial charge in [-0.3, -0.25) is 9.69 Å². The average Bonchev–Trinajstić information content (AvgIpc) is 2.39.